The van der Waals surface area contributed by atoms with E-state index in [4.69, 9.17) is 20.5 Å². The highest BCUT2D eigenvalue weighted by molar-refractivity contribution is 7.92. The smallest absolute Gasteiger partial charge is 0.294 e. The Morgan fingerprint density at radius 2 is 1.78 bits per heavy atom. The molecule has 0 amide bonds. The quantitative estimate of drug-likeness (QED) is 0.346. The van der Waals surface area contributed by atoms with Gasteiger partial charge in [-0.05, 0) is 49.4 Å². The van der Waals surface area contributed by atoms with Gasteiger partial charge in [-0.3, -0.25) is 4.72 Å². The zero-order chi connectivity index (χ0) is 22.3. The predicted molar refractivity (Wildman–Crippen MR) is 122 cm³/mol. The number of anilines is 1. The predicted octanol–water partition coefficient (Wildman–Crippen LogP) is 5.91. The molecule has 32 heavy (non-hydrogen) atoms. The molecule has 5 rings (SSSR count). The number of hydrogen-bond acceptors (Lipinski definition) is 6. The van der Waals surface area contributed by atoms with Gasteiger partial charge in [-0.2, -0.15) is 4.98 Å². The van der Waals surface area contributed by atoms with E-state index in [-0.39, 0.29) is 10.8 Å². The lowest BCUT2D eigenvalue weighted by Crippen LogP contribution is -2.12. The number of nitrogens with one attached hydrogen (secondary N) is 1. The second kappa shape index (κ2) is 7.81. The topological polar surface area (TPSA) is 98.2 Å². The normalized spacial score (nSPS) is 11.7. The van der Waals surface area contributed by atoms with Crippen molar-refractivity contribution in [3.63, 3.8) is 0 Å². The Morgan fingerprint density at radius 1 is 0.969 bits per heavy atom. The third-order valence-corrected chi connectivity index (χ3v) is 6.56. The average molecular weight is 466 g/mol. The van der Waals surface area contributed by atoms with Crippen LogP contribution in [0.5, 0.6) is 0 Å². The third kappa shape index (κ3) is 3.74. The van der Waals surface area contributed by atoms with Gasteiger partial charge in [0.25, 0.3) is 15.9 Å². The minimum Gasteiger partial charge on any atom is -0.451 e. The first-order valence-electron chi connectivity index (χ1n) is 9.62. The second-order valence-corrected chi connectivity index (χ2v) is 9.24. The molecule has 0 bridgehead atoms. The molecule has 0 aliphatic heterocycles. The van der Waals surface area contributed by atoms with Crippen molar-refractivity contribution in [3.05, 3.63) is 83.4 Å². The molecular formula is C23H16ClN3O4S. The van der Waals surface area contributed by atoms with E-state index < -0.39 is 10.0 Å². The highest BCUT2D eigenvalue weighted by Crippen LogP contribution is 2.34. The largest absolute Gasteiger partial charge is 0.451 e. The van der Waals surface area contributed by atoms with Gasteiger partial charge >= 0.3 is 0 Å². The number of rotatable bonds is 5. The molecule has 2 heterocycles. The standard InChI is InChI=1S/C23H16ClN3O4S/c1-14-19-13-18(32(28,29)27-17-8-3-2-4-9-17)10-11-20(19)30-21(14)23-25-22(26-31-23)15-6-5-7-16(24)12-15/h2-13,27H,1H3. The SMILES string of the molecule is Cc1c(-c2nc(-c3cccc(Cl)c3)no2)oc2ccc(S(=O)(=O)Nc3ccccc3)cc12. The molecule has 2 aromatic heterocycles. The monoisotopic (exact) mass is 465 g/mol. The van der Waals surface area contributed by atoms with Crippen molar-refractivity contribution in [2.45, 2.75) is 11.8 Å². The lowest BCUT2D eigenvalue weighted by molar-refractivity contribution is 0.419. The highest BCUT2D eigenvalue weighted by Gasteiger charge is 2.22. The fraction of sp³-hybridized carbons (Fsp3) is 0.0435. The Morgan fingerprint density at radius 3 is 2.56 bits per heavy atom. The van der Waals surface area contributed by atoms with Gasteiger partial charge in [0.2, 0.25) is 5.82 Å². The number of furan rings is 1. The van der Waals surface area contributed by atoms with Crippen molar-refractivity contribution in [3.8, 4) is 23.0 Å². The van der Waals surface area contributed by atoms with Gasteiger partial charge in [-0.1, -0.05) is 47.1 Å². The molecule has 0 aliphatic rings. The number of nitrogens with zero attached hydrogens (tertiary/aromatic N) is 2. The van der Waals surface area contributed by atoms with Crippen LogP contribution >= 0.6 is 11.6 Å². The van der Waals surface area contributed by atoms with Crippen LogP contribution in [0.4, 0.5) is 5.69 Å². The van der Waals surface area contributed by atoms with E-state index in [0.717, 1.165) is 0 Å². The maximum Gasteiger partial charge on any atom is 0.294 e. The number of benzene rings is 3. The van der Waals surface area contributed by atoms with Crippen molar-refractivity contribution in [1.29, 1.82) is 0 Å². The first kappa shape index (κ1) is 20.3. The van der Waals surface area contributed by atoms with Gasteiger partial charge in [0.05, 0.1) is 4.90 Å². The number of aryl methyl sites for hydroxylation is 1. The molecule has 0 saturated carbocycles. The number of sulfonamides is 1. The summed E-state index contributed by atoms with van der Waals surface area (Å²) in [6.07, 6.45) is 0. The first-order valence-corrected chi connectivity index (χ1v) is 11.5. The van der Waals surface area contributed by atoms with Gasteiger partial charge < -0.3 is 8.94 Å². The van der Waals surface area contributed by atoms with E-state index >= 15 is 0 Å². The van der Waals surface area contributed by atoms with Gasteiger partial charge in [-0.15, -0.1) is 0 Å². The Labute approximate surface area is 188 Å². The van der Waals surface area contributed by atoms with Gasteiger partial charge in [0.15, 0.2) is 5.76 Å². The van der Waals surface area contributed by atoms with E-state index in [1.165, 1.54) is 6.07 Å². The Balaban J connectivity index is 1.51. The van der Waals surface area contributed by atoms with Crippen LogP contribution in [0, 0.1) is 6.92 Å². The lowest BCUT2D eigenvalue weighted by Gasteiger charge is -2.07. The summed E-state index contributed by atoms with van der Waals surface area (Å²) in [6.45, 7) is 1.81. The van der Waals surface area contributed by atoms with E-state index in [1.54, 1.807) is 54.6 Å². The summed E-state index contributed by atoms with van der Waals surface area (Å²) in [5.74, 6) is 0.949. The van der Waals surface area contributed by atoms with Gasteiger partial charge in [0, 0.05) is 27.2 Å². The van der Waals surface area contributed by atoms with E-state index in [0.29, 0.717) is 44.4 Å². The summed E-state index contributed by atoms with van der Waals surface area (Å²) in [5.41, 5.74) is 2.40. The Bertz CT molecular complexity index is 1540. The number of aromatic nitrogens is 2. The van der Waals surface area contributed by atoms with Crippen LogP contribution < -0.4 is 4.72 Å². The van der Waals surface area contributed by atoms with Crippen LogP contribution in [-0.4, -0.2) is 18.6 Å². The highest BCUT2D eigenvalue weighted by atomic mass is 35.5. The molecule has 0 atom stereocenters. The van der Waals surface area contributed by atoms with Crippen molar-refractivity contribution >= 4 is 38.3 Å². The molecule has 9 heteroatoms. The van der Waals surface area contributed by atoms with Crippen molar-refractivity contribution in [1.82, 2.24) is 10.1 Å². The molecule has 0 saturated heterocycles. The van der Waals surface area contributed by atoms with Crippen LogP contribution in [-0.2, 0) is 10.0 Å². The summed E-state index contributed by atoms with van der Waals surface area (Å²) in [7, 11) is -3.77. The molecule has 3 aromatic carbocycles. The molecule has 160 valence electrons. The average Bonchev–Trinajstić information content (AvgIpc) is 3.39. The van der Waals surface area contributed by atoms with Crippen molar-refractivity contribution in [2.75, 3.05) is 4.72 Å². The minimum atomic E-state index is -3.77. The number of halogens is 1. The van der Waals surface area contributed by atoms with E-state index in [9.17, 15) is 8.42 Å². The summed E-state index contributed by atoms with van der Waals surface area (Å²) in [6, 6.07) is 20.5. The van der Waals surface area contributed by atoms with Gasteiger partial charge in [-0.25, -0.2) is 8.42 Å². The molecule has 0 unspecified atom stereocenters. The Hall–Kier alpha value is -3.62. The molecule has 7 nitrogen and oxygen atoms in total. The minimum absolute atomic E-state index is 0.120. The Kier molecular flexibility index (Phi) is 4.96. The first-order chi connectivity index (χ1) is 15.4. The molecule has 1 N–H and O–H groups in total. The zero-order valence-electron chi connectivity index (χ0n) is 16.7. The number of fused-ring (bicyclic) bond motifs is 1. The fourth-order valence-electron chi connectivity index (χ4n) is 3.35. The maximum absolute atomic E-state index is 12.8. The summed E-state index contributed by atoms with van der Waals surface area (Å²) >= 11 is 6.04. The van der Waals surface area contributed by atoms with Crippen LogP contribution in [0.2, 0.25) is 5.02 Å². The van der Waals surface area contributed by atoms with Crippen molar-refractivity contribution < 1.29 is 17.4 Å². The summed E-state index contributed by atoms with van der Waals surface area (Å²) < 4.78 is 39.5. The molecule has 0 aliphatic carbocycles. The number of hydrogen-bond donors (Lipinski definition) is 1. The molecular weight excluding hydrogens is 450 g/mol. The fourth-order valence-corrected chi connectivity index (χ4v) is 4.63. The number of para-hydroxylation sites is 1. The van der Waals surface area contributed by atoms with Gasteiger partial charge in [0.1, 0.15) is 5.58 Å². The third-order valence-electron chi connectivity index (χ3n) is 4.95. The van der Waals surface area contributed by atoms with Crippen LogP contribution in [0.1, 0.15) is 5.56 Å². The van der Waals surface area contributed by atoms with Crippen LogP contribution in [0.3, 0.4) is 0 Å². The maximum atomic E-state index is 12.8. The van der Waals surface area contributed by atoms with Crippen LogP contribution in [0.15, 0.2) is 86.6 Å². The zero-order valence-corrected chi connectivity index (χ0v) is 18.3. The molecule has 5 aromatic rings. The molecule has 0 radical (unpaired) electrons. The van der Waals surface area contributed by atoms with E-state index in [1.807, 2.05) is 19.1 Å². The molecule has 0 fully saturated rings. The summed E-state index contributed by atoms with van der Waals surface area (Å²) in [4.78, 5) is 4.53. The molecule has 0 spiro atoms. The summed E-state index contributed by atoms with van der Waals surface area (Å²) in [5, 5.41) is 5.21. The van der Waals surface area contributed by atoms with Crippen molar-refractivity contribution in [2.24, 2.45) is 0 Å². The van der Waals surface area contributed by atoms with Crippen LogP contribution in [0.25, 0.3) is 34.0 Å². The van der Waals surface area contributed by atoms with E-state index in [2.05, 4.69) is 14.9 Å². The second-order valence-electron chi connectivity index (χ2n) is 7.12. The lowest BCUT2D eigenvalue weighted by atomic mass is 10.1.